The number of rotatable bonds is 2. The summed E-state index contributed by atoms with van der Waals surface area (Å²) >= 11 is 0. The van der Waals surface area contributed by atoms with E-state index in [0.29, 0.717) is 25.6 Å². The first kappa shape index (κ1) is 18.1. The van der Waals surface area contributed by atoms with E-state index < -0.39 is 0 Å². The van der Waals surface area contributed by atoms with Crippen LogP contribution in [0.5, 0.6) is 0 Å². The molecule has 1 atom stereocenters. The van der Waals surface area contributed by atoms with E-state index in [4.69, 9.17) is 0 Å². The van der Waals surface area contributed by atoms with Gasteiger partial charge < -0.3 is 15.2 Å². The molecule has 4 heterocycles. The highest BCUT2D eigenvalue weighted by Crippen LogP contribution is 2.33. The lowest BCUT2D eigenvalue weighted by Gasteiger charge is -2.34. The number of aryl methyl sites for hydroxylation is 2. The zero-order chi connectivity index (χ0) is 20.0. The molecule has 2 aromatic heterocycles. The van der Waals surface area contributed by atoms with E-state index in [1.165, 1.54) is 6.07 Å². The Morgan fingerprint density at radius 2 is 2.10 bits per heavy atom. The number of nitrogens with zero attached hydrogens (tertiary/aromatic N) is 4. The molecule has 0 radical (unpaired) electrons. The van der Waals surface area contributed by atoms with Gasteiger partial charge in [-0.1, -0.05) is 0 Å². The van der Waals surface area contributed by atoms with Crippen molar-refractivity contribution in [1.82, 2.24) is 30.0 Å². The molecule has 5 rings (SSSR count). The van der Waals surface area contributed by atoms with Crippen molar-refractivity contribution >= 4 is 16.9 Å². The Labute approximate surface area is 168 Å². The fourth-order valence-electron chi connectivity index (χ4n) is 4.66. The van der Waals surface area contributed by atoms with Crippen LogP contribution in [0.4, 0.5) is 9.18 Å². The molecular weight excluding hydrogens is 371 g/mol. The number of carbonyl (C=O) groups is 1. The molecule has 2 N–H and O–H groups in total. The zero-order valence-corrected chi connectivity index (χ0v) is 16.5. The van der Waals surface area contributed by atoms with Crippen molar-refractivity contribution in [2.45, 2.75) is 51.1 Å². The summed E-state index contributed by atoms with van der Waals surface area (Å²) < 4.78 is 15.6. The predicted molar refractivity (Wildman–Crippen MR) is 107 cm³/mol. The van der Waals surface area contributed by atoms with Crippen LogP contribution in [0, 0.1) is 12.7 Å². The van der Waals surface area contributed by atoms with E-state index in [0.717, 1.165) is 53.8 Å². The number of carbonyl (C=O) groups excluding carboxylic acids is 1. The van der Waals surface area contributed by atoms with Gasteiger partial charge >= 0.3 is 6.03 Å². The lowest BCUT2D eigenvalue weighted by Crippen LogP contribution is -2.49. The van der Waals surface area contributed by atoms with Crippen LogP contribution in [-0.2, 0) is 13.0 Å². The molecular formula is C21H25FN6O. The van der Waals surface area contributed by atoms with E-state index in [1.54, 1.807) is 12.1 Å². The van der Waals surface area contributed by atoms with Gasteiger partial charge in [0.1, 0.15) is 17.5 Å². The minimum absolute atomic E-state index is 0.00120. The Balaban J connectivity index is 1.19. The minimum atomic E-state index is -0.214. The van der Waals surface area contributed by atoms with Crippen LogP contribution < -0.4 is 5.32 Å². The number of aromatic amines is 1. The number of likely N-dealkylation sites (tertiary alicyclic amines) is 1. The van der Waals surface area contributed by atoms with E-state index in [2.05, 4.69) is 20.4 Å². The maximum absolute atomic E-state index is 13.7. The number of amides is 2. The maximum atomic E-state index is 13.7. The molecule has 1 saturated heterocycles. The second-order valence-corrected chi connectivity index (χ2v) is 8.14. The van der Waals surface area contributed by atoms with Crippen LogP contribution in [0.1, 0.15) is 42.4 Å². The van der Waals surface area contributed by atoms with E-state index in [9.17, 15) is 9.18 Å². The molecule has 29 heavy (non-hydrogen) atoms. The number of piperidine rings is 1. The summed E-state index contributed by atoms with van der Waals surface area (Å²) in [6.45, 7) is 3.99. The van der Waals surface area contributed by atoms with Gasteiger partial charge in [0.15, 0.2) is 0 Å². The van der Waals surface area contributed by atoms with Crippen molar-refractivity contribution in [1.29, 1.82) is 0 Å². The highest BCUT2D eigenvalue weighted by Gasteiger charge is 2.28. The lowest BCUT2D eigenvalue weighted by molar-refractivity contribution is 0.174. The van der Waals surface area contributed by atoms with Crippen LogP contribution in [0.2, 0.25) is 0 Å². The van der Waals surface area contributed by atoms with Crippen molar-refractivity contribution in [2.75, 3.05) is 13.1 Å². The number of aromatic nitrogens is 4. The number of benzene rings is 1. The molecule has 2 amide bonds. The first-order valence-corrected chi connectivity index (χ1v) is 10.3. The number of hydrogen-bond acceptors (Lipinski definition) is 3. The molecule has 7 nitrogen and oxygen atoms in total. The standard InChI is InChI=1S/C21H25FN6O/c1-13-24-20-5-3-16(12-28(20)26-13)25-21(29)27-8-6-14(7-9-27)18-11-23-19-4-2-15(22)10-17(18)19/h2,4,10-11,14,16,23H,3,5-9,12H2,1H3,(H,25,29). The van der Waals surface area contributed by atoms with Gasteiger partial charge in [-0.05, 0) is 55.9 Å². The summed E-state index contributed by atoms with van der Waals surface area (Å²) in [7, 11) is 0. The summed E-state index contributed by atoms with van der Waals surface area (Å²) in [5.74, 6) is 1.91. The lowest BCUT2D eigenvalue weighted by atomic mass is 9.89. The fourth-order valence-corrected chi connectivity index (χ4v) is 4.66. The molecule has 2 aliphatic rings. The first-order valence-electron chi connectivity index (χ1n) is 10.3. The van der Waals surface area contributed by atoms with Crippen molar-refractivity contribution in [3.8, 4) is 0 Å². The third kappa shape index (κ3) is 3.47. The molecule has 1 unspecified atom stereocenters. The zero-order valence-electron chi connectivity index (χ0n) is 16.5. The molecule has 0 bridgehead atoms. The normalized spacial score (nSPS) is 20.1. The topological polar surface area (TPSA) is 78.8 Å². The second kappa shape index (κ2) is 7.17. The fraction of sp³-hybridized carbons (Fsp3) is 0.476. The predicted octanol–water partition coefficient (Wildman–Crippen LogP) is 3.11. The first-order chi connectivity index (χ1) is 14.1. The average Bonchev–Trinajstić information content (AvgIpc) is 3.29. The van der Waals surface area contributed by atoms with E-state index in [-0.39, 0.29) is 17.9 Å². The van der Waals surface area contributed by atoms with E-state index in [1.807, 2.05) is 22.7 Å². The number of H-pyrrole nitrogens is 1. The summed E-state index contributed by atoms with van der Waals surface area (Å²) in [6, 6.07) is 4.95. The monoisotopic (exact) mass is 396 g/mol. The highest BCUT2D eigenvalue weighted by molar-refractivity contribution is 5.84. The van der Waals surface area contributed by atoms with Gasteiger partial charge in [0.2, 0.25) is 0 Å². The quantitative estimate of drug-likeness (QED) is 0.699. The number of urea groups is 1. The third-order valence-corrected chi connectivity index (χ3v) is 6.19. The van der Waals surface area contributed by atoms with Crippen molar-refractivity contribution < 1.29 is 9.18 Å². The van der Waals surface area contributed by atoms with Crippen LogP contribution in [-0.4, -0.2) is 49.8 Å². The SMILES string of the molecule is Cc1nc2n(n1)CC(NC(=O)N1CCC(c3c[nH]c4ccc(F)cc34)CC1)CC2. The highest BCUT2D eigenvalue weighted by atomic mass is 19.1. The number of halogens is 1. The number of hydrogen-bond donors (Lipinski definition) is 2. The van der Waals surface area contributed by atoms with Gasteiger partial charge in [0.25, 0.3) is 0 Å². The average molecular weight is 396 g/mol. The van der Waals surface area contributed by atoms with Crippen molar-refractivity contribution in [2.24, 2.45) is 0 Å². The van der Waals surface area contributed by atoms with Gasteiger partial charge in [0.05, 0.1) is 12.6 Å². The second-order valence-electron chi connectivity index (χ2n) is 8.14. The Bertz CT molecular complexity index is 1050. The Morgan fingerprint density at radius 1 is 1.28 bits per heavy atom. The summed E-state index contributed by atoms with van der Waals surface area (Å²) in [6.07, 6.45) is 5.48. The maximum Gasteiger partial charge on any atom is 0.317 e. The summed E-state index contributed by atoms with van der Waals surface area (Å²) in [4.78, 5) is 22.3. The molecule has 2 aliphatic heterocycles. The molecule has 8 heteroatoms. The molecule has 0 saturated carbocycles. The van der Waals surface area contributed by atoms with Crippen LogP contribution in [0.25, 0.3) is 10.9 Å². The third-order valence-electron chi connectivity index (χ3n) is 6.19. The van der Waals surface area contributed by atoms with Gasteiger partial charge in [-0.15, -0.1) is 0 Å². The van der Waals surface area contributed by atoms with E-state index >= 15 is 0 Å². The Hall–Kier alpha value is -2.90. The molecule has 0 spiro atoms. The van der Waals surface area contributed by atoms with Crippen molar-refractivity contribution in [3.05, 3.63) is 47.4 Å². The molecule has 1 fully saturated rings. The Kier molecular flexibility index (Phi) is 4.49. The smallest absolute Gasteiger partial charge is 0.317 e. The van der Waals surface area contributed by atoms with Crippen LogP contribution >= 0.6 is 0 Å². The Morgan fingerprint density at radius 3 is 2.93 bits per heavy atom. The largest absolute Gasteiger partial charge is 0.361 e. The summed E-state index contributed by atoms with van der Waals surface area (Å²) in [5.41, 5.74) is 2.11. The molecule has 152 valence electrons. The van der Waals surface area contributed by atoms with Gasteiger partial charge in [-0.3, -0.25) is 0 Å². The van der Waals surface area contributed by atoms with Crippen LogP contribution in [0.15, 0.2) is 24.4 Å². The van der Waals surface area contributed by atoms with Gasteiger partial charge in [0, 0.05) is 36.6 Å². The number of fused-ring (bicyclic) bond motifs is 2. The van der Waals surface area contributed by atoms with Gasteiger partial charge in [-0.2, -0.15) is 5.10 Å². The summed E-state index contributed by atoms with van der Waals surface area (Å²) in [5, 5.41) is 8.52. The molecule has 3 aromatic rings. The van der Waals surface area contributed by atoms with Gasteiger partial charge in [-0.25, -0.2) is 18.9 Å². The molecule has 0 aliphatic carbocycles. The molecule has 1 aromatic carbocycles. The van der Waals surface area contributed by atoms with Crippen LogP contribution in [0.3, 0.4) is 0 Å². The number of nitrogens with one attached hydrogen (secondary N) is 2. The van der Waals surface area contributed by atoms with Crippen molar-refractivity contribution in [3.63, 3.8) is 0 Å². The minimum Gasteiger partial charge on any atom is -0.361 e.